The van der Waals surface area contributed by atoms with Crippen LogP contribution in [0.1, 0.15) is 38.2 Å². The third-order valence-corrected chi connectivity index (χ3v) is 6.28. The molecule has 1 heterocycles. The number of fused-ring (bicyclic) bond motifs is 3. The van der Waals surface area contributed by atoms with E-state index >= 15 is 0 Å². The van der Waals surface area contributed by atoms with E-state index in [4.69, 9.17) is 4.98 Å². The first-order valence-electron chi connectivity index (χ1n) is 7.83. The number of rotatable bonds is 3. The predicted octanol–water partition coefficient (Wildman–Crippen LogP) is 4.84. The van der Waals surface area contributed by atoms with Gasteiger partial charge in [0.25, 0.3) is 0 Å². The average Bonchev–Trinajstić information content (AvgIpc) is 3.11. The van der Waals surface area contributed by atoms with E-state index in [2.05, 4.69) is 37.4 Å². The van der Waals surface area contributed by atoms with Crippen molar-refractivity contribution in [2.45, 2.75) is 45.6 Å². The molecule has 0 spiro atoms. The van der Waals surface area contributed by atoms with Gasteiger partial charge in [0.2, 0.25) is 0 Å². The minimum absolute atomic E-state index is 0.562. The van der Waals surface area contributed by atoms with Crippen LogP contribution in [-0.4, -0.2) is 11.0 Å². The van der Waals surface area contributed by atoms with Gasteiger partial charge in [0.05, 0.1) is 10.2 Å². The summed E-state index contributed by atoms with van der Waals surface area (Å²) in [4.78, 5) is 4.73. The van der Waals surface area contributed by atoms with Crippen LogP contribution in [-0.2, 0) is 0 Å². The number of anilines is 1. The van der Waals surface area contributed by atoms with E-state index in [9.17, 15) is 0 Å². The maximum atomic E-state index is 4.73. The van der Waals surface area contributed by atoms with Crippen LogP contribution in [0.3, 0.4) is 0 Å². The van der Waals surface area contributed by atoms with Crippen molar-refractivity contribution in [3.63, 3.8) is 0 Å². The van der Waals surface area contributed by atoms with Gasteiger partial charge in [0.1, 0.15) is 0 Å². The molecule has 2 saturated carbocycles. The lowest BCUT2D eigenvalue weighted by Gasteiger charge is -2.28. The Morgan fingerprint density at radius 2 is 2.20 bits per heavy atom. The lowest BCUT2D eigenvalue weighted by Crippen LogP contribution is -2.29. The number of hydrogen-bond acceptors (Lipinski definition) is 3. The fraction of sp³-hybridized carbons (Fsp3) is 0.588. The summed E-state index contributed by atoms with van der Waals surface area (Å²) in [7, 11) is 0. The Labute approximate surface area is 124 Å². The molecule has 2 aliphatic rings. The zero-order valence-electron chi connectivity index (χ0n) is 12.2. The average molecular weight is 286 g/mol. The van der Waals surface area contributed by atoms with Crippen LogP contribution in [0, 0.1) is 24.7 Å². The number of hydrogen-bond donors (Lipinski definition) is 1. The quantitative estimate of drug-likeness (QED) is 0.873. The highest BCUT2D eigenvalue weighted by atomic mass is 32.1. The highest BCUT2D eigenvalue weighted by molar-refractivity contribution is 7.22. The topological polar surface area (TPSA) is 24.9 Å². The summed E-state index contributed by atoms with van der Waals surface area (Å²) in [5.74, 6) is 2.86. The maximum Gasteiger partial charge on any atom is 0.184 e. The van der Waals surface area contributed by atoms with Crippen molar-refractivity contribution in [1.82, 2.24) is 4.98 Å². The molecule has 2 bridgehead atoms. The van der Waals surface area contributed by atoms with Gasteiger partial charge in [-0.2, -0.15) is 0 Å². The number of benzene rings is 1. The van der Waals surface area contributed by atoms with E-state index in [1.165, 1.54) is 35.9 Å². The summed E-state index contributed by atoms with van der Waals surface area (Å²) in [5.41, 5.74) is 2.44. The molecular formula is C17H22N2S. The second-order valence-corrected chi connectivity index (χ2v) is 7.79. The van der Waals surface area contributed by atoms with Crippen molar-refractivity contribution in [3.05, 3.63) is 23.8 Å². The van der Waals surface area contributed by atoms with Gasteiger partial charge in [0, 0.05) is 6.04 Å². The van der Waals surface area contributed by atoms with Gasteiger partial charge >= 0.3 is 0 Å². The summed E-state index contributed by atoms with van der Waals surface area (Å²) in [6.45, 7) is 4.49. The van der Waals surface area contributed by atoms with Crippen molar-refractivity contribution in [3.8, 4) is 0 Å². The van der Waals surface area contributed by atoms with Crippen molar-refractivity contribution < 1.29 is 0 Å². The summed E-state index contributed by atoms with van der Waals surface area (Å²) >= 11 is 1.80. The van der Waals surface area contributed by atoms with Crippen LogP contribution in [0.4, 0.5) is 5.13 Å². The fourth-order valence-corrected chi connectivity index (χ4v) is 5.36. The highest BCUT2D eigenvalue weighted by Crippen LogP contribution is 2.50. The maximum absolute atomic E-state index is 4.73. The van der Waals surface area contributed by atoms with Crippen LogP contribution in [0.25, 0.3) is 10.2 Å². The number of nitrogens with one attached hydrogen (secondary N) is 1. The number of aryl methyl sites for hydroxylation is 1. The molecule has 0 aliphatic heterocycles. The number of nitrogens with zero attached hydrogens (tertiary/aromatic N) is 1. The van der Waals surface area contributed by atoms with Gasteiger partial charge < -0.3 is 5.32 Å². The molecule has 1 aromatic carbocycles. The van der Waals surface area contributed by atoms with Crippen LogP contribution >= 0.6 is 11.3 Å². The minimum atomic E-state index is 0.562. The molecule has 4 atom stereocenters. The SMILES string of the molecule is Cc1ccc2nc(NC(C)C3CC4CCC3C4)sc2c1. The smallest absolute Gasteiger partial charge is 0.184 e. The Morgan fingerprint density at radius 3 is 2.95 bits per heavy atom. The second kappa shape index (κ2) is 4.73. The van der Waals surface area contributed by atoms with E-state index in [1.807, 2.05) is 0 Å². The van der Waals surface area contributed by atoms with Gasteiger partial charge in [-0.15, -0.1) is 0 Å². The van der Waals surface area contributed by atoms with Gasteiger partial charge in [-0.1, -0.05) is 23.8 Å². The van der Waals surface area contributed by atoms with E-state index < -0.39 is 0 Å². The Balaban J connectivity index is 1.52. The standard InChI is InChI=1S/C17H22N2S/c1-10-3-6-15-16(7-10)20-17(19-15)18-11(2)14-9-12-4-5-13(14)8-12/h3,6-7,11-14H,4-5,8-9H2,1-2H3,(H,18,19). The van der Waals surface area contributed by atoms with Gasteiger partial charge in [-0.05, 0) is 68.6 Å². The van der Waals surface area contributed by atoms with E-state index in [-0.39, 0.29) is 0 Å². The van der Waals surface area contributed by atoms with Crippen molar-refractivity contribution >= 4 is 26.7 Å². The van der Waals surface area contributed by atoms with Crippen LogP contribution in [0.5, 0.6) is 0 Å². The molecule has 0 saturated heterocycles. The molecule has 0 amide bonds. The highest BCUT2D eigenvalue weighted by Gasteiger charge is 2.41. The predicted molar refractivity (Wildman–Crippen MR) is 86.4 cm³/mol. The third kappa shape index (κ3) is 2.12. The zero-order chi connectivity index (χ0) is 13.7. The normalized spacial score (nSPS) is 30.0. The number of aromatic nitrogens is 1. The molecular weight excluding hydrogens is 264 g/mol. The molecule has 20 heavy (non-hydrogen) atoms. The second-order valence-electron chi connectivity index (χ2n) is 6.76. The first-order valence-corrected chi connectivity index (χ1v) is 8.64. The summed E-state index contributed by atoms with van der Waals surface area (Å²) in [5, 5.41) is 4.78. The monoisotopic (exact) mass is 286 g/mol. The van der Waals surface area contributed by atoms with Crippen LogP contribution in [0.15, 0.2) is 18.2 Å². The van der Waals surface area contributed by atoms with E-state index in [0.29, 0.717) is 6.04 Å². The van der Waals surface area contributed by atoms with E-state index in [0.717, 1.165) is 28.4 Å². The first-order chi connectivity index (χ1) is 9.69. The Bertz CT molecular complexity index is 633. The molecule has 2 nitrogen and oxygen atoms in total. The summed E-state index contributed by atoms with van der Waals surface area (Å²) < 4.78 is 1.30. The van der Waals surface area contributed by atoms with Crippen molar-refractivity contribution in [1.29, 1.82) is 0 Å². The summed E-state index contributed by atoms with van der Waals surface area (Å²) in [6.07, 6.45) is 5.85. The van der Waals surface area contributed by atoms with Crippen LogP contribution < -0.4 is 5.32 Å². The molecule has 2 aromatic rings. The van der Waals surface area contributed by atoms with Crippen LogP contribution in [0.2, 0.25) is 0 Å². The third-order valence-electron chi connectivity index (χ3n) is 5.33. The Morgan fingerprint density at radius 1 is 1.30 bits per heavy atom. The molecule has 1 N–H and O–H groups in total. The first kappa shape index (κ1) is 12.6. The number of thiazole rings is 1. The lowest BCUT2D eigenvalue weighted by molar-refractivity contribution is 0.304. The molecule has 3 heteroatoms. The molecule has 1 aromatic heterocycles. The van der Waals surface area contributed by atoms with Gasteiger partial charge in [0.15, 0.2) is 5.13 Å². The molecule has 0 radical (unpaired) electrons. The molecule has 106 valence electrons. The molecule has 4 unspecified atom stereocenters. The Hall–Kier alpha value is -1.09. The minimum Gasteiger partial charge on any atom is -0.359 e. The summed E-state index contributed by atoms with van der Waals surface area (Å²) in [6, 6.07) is 7.08. The van der Waals surface area contributed by atoms with Crippen molar-refractivity contribution in [2.24, 2.45) is 17.8 Å². The fourth-order valence-electron chi connectivity index (χ4n) is 4.30. The molecule has 2 fully saturated rings. The van der Waals surface area contributed by atoms with Crippen molar-refractivity contribution in [2.75, 3.05) is 5.32 Å². The molecule has 4 rings (SSSR count). The van der Waals surface area contributed by atoms with E-state index in [1.54, 1.807) is 11.3 Å². The van der Waals surface area contributed by atoms with Gasteiger partial charge in [-0.3, -0.25) is 0 Å². The van der Waals surface area contributed by atoms with Gasteiger partial charge in [-0.25, -0.2) is 4.98 Å². The largest absolute Gasteiger partial charge is 0.359 e. The zero-order valence-corrected chi connectivity index (χ0v) is 13.0. The molecule has 2 aliphatic carbocycles. The lowest BCUT2D eigenvalue weighted by atomic mass is 9.84. The Kier molecular flexibility index (Phi) is 2.99.